The number of nitrogens with one attached hydrogen (secondary N) is 1. The summed E-state index contributed by atoms with van der Waals surface area (Å²) in [6.45, 7) is 4.18. The summed E-state index contributed by atoms with van der Waals surface area (Å²) in [6.07, 6.45) is 8.73. The second-order valence-corrected chi connectivity index (χ2v) is 4.65. The van der Waals surface area contributed by atoms with Crippen LogP contribution in [0.25, 0.3) is 17.3 Å². The molecule has 0 saturated carbocycles. The number of nitrogens with zero attached hydrogens (tertiary/aromatic N) is 1. The quantitative estimate of drug-likeness (QED) is 0.787. The van der Waals surface area contributed by atoms with Crippen molar-refractivity contribution in [3.05, 3.63) is 46.9 Å². The van der Waals surface area contributed by atoms with Gasteiger partial charge < -0.3 is 4.98 Å². The van der Waals surface area contributed by atoms with Crippen molar-refractivity contribution < 1.29 is 0 Å². The van der Waals surface area contributed by atoms with Crippen LogP contribution in [0.4, 0.5) is 0 Å². The number of H-pyrrole nitrogens is 1. The van der Waals surface area contributed by atoms with Gasteiger partial charge in [0.2, 0.25) is 0 Å². The van der Waals surface area contributed by atoms with Crippen LogP contribution in [0.15, 0.2) is 24.4 Å². The average Bonchev–Trinajstić information content (AvgIpc) is 2.77. The summed E-state index contributed by atoms with van der Waals surface area (Å²) in [5, 5.41) is 0. The van der Waals surface area contributed by atoms with Crippen LogP contribution >= 0.6 is 0 Å². The molecule has 0 atom stereocenters. The zero-order valence-electron chi connectivity index (χ0n) is 10.2. The maximum absolute atomic E-state index is 4.28. The lowest BCUT2D eigenvalue weighted by Crippen LogP contribution is -1.99. The highest BCUT2D eigenvalue weighted by atomic mass is 14.9. The van der Waals surface area contributed by atoms with Gasteiger partial charge in [-0.05, 0) is 43.4 Å². The van der Waals surface area contributed by atoms with Gasteiger partial charge in [0.1, 0.15) is 5.82 Å². The molecule has 0 bridgehead atoms. The smallest absolute Gasteiger partial charge is 0.103 e. The number of aromatic amines is 1. The first-order valence-electron chi connectivity index (χ1n) is 6.06. The summed E-state index contributed by atoms with van der Waals surface area (Å²) in [4.78, 5) is 7.60. The Morgan fingerprint density at radius 1 is 1.24 bits per heavy atom. The zero-order valence-corrected chi connectivity index (χ0v) is 10.2. The largest absolute Gasteiger partial charge is 0.342 e. The van der Waals surface area contributed by atoms with E-state index in [-0.39, 0.29) is 0 Å². The Labute approximate surface area is 101 Å². The van der Waals surface area contributed by atoms with E-state index in [9.17, 15) is 0 Å². The zero-order chi connectivity index (χ0) is 11.8. The number of fused-ring (bicyclic) bond motifs is 1. The van der Waals surface area contributed by atoms with E-state index in [1.165, 1.54) is 22.3 Å². The van der Waals surface area contributed by atoms with Crippen LogP contribution in [0.1, 0.15) is 28.9 Å². The number of rotatable bonds is 1. The van der Waals surface area contributed by atoms with Gasteiger partial charge in [-0.25, -0.2) is 4.98 Å². The van der Waals surface area contributed by atoms with E-state index in [1.807, 2.05) is 13.1 Å². The third-order valence-electron chi connectivity index (χ3n) is 3.43. The lowest BCUT2D eigenvalue weighted by atomic mass is 9.89. The van der Waals surface area contributed by atoms with Gasteiger partial charge in [0.15, 0.2) is 0 Å². The monoisotopic (exact) mass is 224 g/mol. The fourth-order valence-corrected chi connectivity index (χ4v) is 2.52. The van der Waals surface area contributed by atoms with Crippen molar-refractivity contribution in [1.82, 2.24) is 9.97 Å². The van der Waals surface area contributed by atoms with Gasteiger partial charge in [-0.1, -0.05) is 24.3 Å². The first kappa shape index (κ1) is 10.3. The Balaban J connectivity index is 2.22. The van der Waals surface area contributed by atoms with Crippen LogP contribution in [0.2, 0.25) is 0 Å². The molecule has 1 aromatic heterocycles. The molecule has 1 heterocycles. The molecule has 1 aliphatic carbocycles. The third-order valence-corrected chi connectivity index (χ3v) is 3.43. The van der Waals surface area contributed by atoms with Crippen LogP contribution in [0.5, 0.6) is 0 Å². The minimum atomic E-state index is 0.967. The first-order valence-corrected chi connectivity index (χ1v) is 6.06. The van der Waals surface area contributed by atoms with E-state index < -0.39 is 0 Å². The van der Waals surface area contributed by atoms with Gasteiger partial charge >= 0.3 is 0 Å². The van der Waals surface area contributed by atoms with Gasteiger partial charge in [-0.3, -0.25) is 0 Å². The Morgan fingerprint density at radius 3 is 2.88 bits per heavy atom. The molecule has 1 N–H and O–H groups in total. The number of aromatic nitrogens is 2. The third kappa shape index (κ3) is 1.70. The van der Waals surface area contributed by atoms with Crippen LogP contribution in [-0.2, 0) is 6.42 Å². The normalized spacial score (nSPS) is 13.8. The molecule has 0 aliphatic heterocycles. The Bertz CT molecular complexity index is 591. The number of aryl methyl sites for hydroxylation is 2. The average molecular weight is 224 g/mol. The Kier molecular flexibility index (Phi) is 2.36. The van der Waals surface area contributed by atoms with E-state index in [1.54, 1.807) is 0 Å². The fraction of sp³-hybridized carbons (Fsp3) is 0.267. The first-order chi connectivity index (χ1) is 8.25. The Morgan fingerprint density at radius 2 is 2.12 bits per heavy atom. The number of hydrogen-bond acceptors (Lipinski definition) is 1. The van der Waals surface area contributed by atoms with E-state index in [0.717, 1.165) is 24.4 Å². The Hall–Kier alpha value is -1.83. The van der Waals surface area contributed by atoms with Gasteiger partial charge in [0.05, 0.1) is 11.9 Å². The molecule has 0 amide bonds. The highest BCUT2D eigenvalue weighted by Crippen LogP contribution is 2.31. The van der Waals surface area contributed by atoms with Gasteiger partial charge in [0.25, 0.3) is 0 Å². The second-order valence-electron chi connectivity index (χ2n) is 4.65. The van der Waals surface area contributed by atoms with Crippen LogP contribution in [0, 0.1) is 13.8 Å². The molecule has 0 unspecified atom stereocenters. The van der Waals surface area contributed by atoms with E-state index in [4.69, 9.17) is 0 Å². The topological polar surface area (TPSA) is 28.7 Å². The van der Waals surface area contributed by atoms with Crippen molar-refractivity contribution in [2.45, 2.75) is 26.7 Å². The molecule has 1 aliphatic rings. The molecule has 1 aromatic carbocycles. The molecular weight excluding hydrogens is 208 g/mol. The molecule has 3 rings (SSSR count). The highest BCUT2D eigenvalue weighted by molar-refractivity contribution is 5.76. The lowest BCUT2D eigenvalue weighted by molar-refractivity contribution is 0.971. The summed E-state index contributed by atoms with van der Waals surface area (Å²) in [5.74, 6) is 0.967. The summed E-state index contributed by atoms with van der Waals surface area (Å²) >= 11 is 0. The van der Waals surface area contributed by atoms with Crippen LogP contribution in [-0.4, -0.2) is 9.97 Å². The number of benzene rings is 1. The van der Waals surface area contributed by atoms with Crippen molar-refractivity contribution in [1.29, 1.82) is 0 Å². The lowest BCUT2D eigenvalue weighted by Gasteiger charge is -2.16. The van der Waals surface area contributed by atoms with Crippen LogP contribution < -0.4 is 0 Å². The molecule has 86 valence electrons. The molecular formula is C15H16N2. The number of hydrogen-bond donors (Lipinski definition) is 1. The standard InChI is InChI=1S/C15H16N2/c1-10-7-8-14(15-9-16-11(2)17-15)13-6-4-3-5-12(10)13/h4,6-9H,3,5H2,1-2H3,(H,16,17). The molecule has 2 nitrogen and oxygen atoms in total. The highest BCUT2D eigenvalue weighted by Gasteiger charge is 2.13. The van der Waals surface area contributed by atoms with Crippen LogP contribution in [0.3, 0.4) is 0 Å². The molecule has 2 heteroatoms. The SMILES string of the molecule is Cc1ncc(-c2ccc(C)c3c2C=CCC3)[nH]1. The van der Waals surface area contributed by atoms with Gasteiger partial charge in [-0.2, -0.15) is 0 Å². The summed E-state index contributed by atoms with van der Waals surface area (Å²) in [7, 11) is 0. The van der Waals surface area contributed by atoms with Gasteiger partial charge in [0, 0.05) is 5.56 Å². The maximum Gasteiger partial charge on any atom is 0.103 e. The summed E-state index contributed by atoms with van der Waals surface area (Å²) in [6, 6.07) is 4.40. The van der Waals surface area contributed by atoms with Crippen molar-refractivity contribution in [3.8, 4) is 11.3 Å². The van der Waals surface area contributed by atoms with Crippen molar-refractivity contribution >= 4 is 6.08 Å². The number of allylic oxidation sites excluding steroid dienone is 1. The second kappa shape index (κ2) is 3.88. The molecule has 0 saturated heterocycles. The predicted octanol–water partition coefficient (Wildman–Crippen LogP) is 3.65. The van der Waals surface area contributed by atoms with E-state index in [0.29, 0.717) is 0 Å². The van der Waals surface area contributed by atoms with Crippen molar-refractivity contribution in [2.75, 3.05) is 0 Å². The van der Waals surface area contributed by atoms with E-state index in [2.05, 4.69) is 41.2 Å². The fourth-order valence-electron chi connectivity index (χ4n) is 2.52. The minimum Gasteiger partial charge on any atom is -0.342 e. The molecule has 17 heavy (non-hydrogen) atoms. The van der Waals surface area contributed by atoms with E-state index >= 15 is 0 Å². The van der Waals surface area contributed by atoms with Crippen molar-refractivity contribution in [3.63, 3.8) is 0 Å². The minimum absolute atomic E-state index is 0.967. The summed E-state index contributed by atoms with van der Waals surface area (Å²) in [5.41, 5.74) is 6.62. The summed E-state index contributed by atoms with van der Waals surface area (Å²) < 4.78 is 0. The van der Waals surface area contributed by atoms with Crippen molar-refractivity contribution in [2.24, 2.45) is 0 Å². The number of imidazole rings is 1. The van der Waals surface area contributed by atoms with Gasteiger partial charge in [-0.15, -0.1) is 0 Å². The maximum atomic E-state index is 4.28. The molecule has 2 aromatic rings. The molecule has 0 fully saturated rings. The molecule has 0 radical (unpaired) electrons. The molecule has 0 spiro atoms. The predicted molar refractivity (Wildman–Crippen MR) is 70.9 cm³/mol.